The van der Waals surface area contributed by atoms with Crippen molar-refractivity contribution in [1.82, 2.24) is 5.32 Å². The normalized spacial score (nSPS) is 46.9. The molecule has 3 aliphatic heterocycles. The summed E-state index contributed by atoms with van der Waals surface area (Å²) in [4.78, 5) is 12.8. The number of aliphatic hydroxyl groups excluding tert-OH is 6. The van der Waals surface area contributed by atoms with Gasteiger partial charge in [0.15, 0.2) is 18.9 Å². The van der Waals surface area contributed by atoms with Crippen LogP contribution in [0.1, 0.15) is 25.7 Å². The van der Waals surface area contributed by atoms with Crippen molar-refractivity contribution >= 4 is 5.91 Å². The molecule has 0 bridgehead atoms. The van der Waals surface area contributed by atoms with Crippen LogP contribution in [0.25, 0.3) is 0 Å². The highest BCUT2D eigenvalue weighted by molar-refractivity contribution is 5.81. The second-order valence-electron chi connectivity index (χ2n) is 13.7. The Morgan fingerprint density at radius 3 is 1.69 bits per heavy atom. The van der Waals surface area contributed by atoms with Crippen LogP contribution in [0, 0.1) is 0 Å². The van der Waals surface area contributed by atoms with Gasteiger partial charge in [-0.25, -0.2) is 0 Å². The first-order valence-corrected chi connectivity index (χ1v) is 17.3. The Balaban J connectivity index is 1.55. The minimum Gasteiger partial charge on any atom is -0.389 e. The van der Waals surface area contributed by atoms with Gasteiger partial charge in [0.05, 0.1) is 24.2 Å². The lowest BCUT2D eigenvalue weighted by Crippen LogP contribution is -2.68. The maximum atomic E-state index is 12.8. The quantitative estimate of drug-likeness (QED) is 0.0693. The van der Waals surface area contributed by atoms with Gasteiger partial charge in [0, 0.05) is 31.7 Å². The number of carbonyl (C=O) groups excluding carboxylic acids is 1. The van der Waals surface area contributed by atoms with Gasteiger partial charge in [0.2, 0.25) is 5.91 Å². The first kappa shape index (κ1) is 42.4. The SMILES string of the molecule is NCCCC[C@@H](N)C(=O)NC[C@H]1O[C@@H](O[C@@H]2[C@@H](O)[C@H](N)C[C@H](N)[C@H]2O[C@H]2O[C@H](CN)[C@@H](O)[C@H](O)[C@H]2N)[C@H](O)[C@@H]1O[C@H]1O[C@@H](CN)[C@@H](O)[C@H](O)[C@H]1N. The smallest absolute Gasteiger partial charge is 0.237 e. The summed E-state index contributed by atoms with van der Waals surface area (Å²) in [6, 6.07) is -5.21. The zero-order valence-electron chi connectivity index (χ0n) is 28.4. The van der Waals surface area contributed by atoms with E-state index in [9.17, 15) is 35.4 Å². The van der Waals surface area contributed by atoms with Crippen molar-refractivity contribution in [2.75, 3.05) is 26.2 Å². The predicted molar refractivity (Wildman–Crippen MR) is 175 cm³/mol. The molecule has 0 radical (unpaired) electrons. The van der Waals surface area contributed by atoms with Crippen LogP contribution < -0.4 is 51.2 Å². The Bertz CT molecular complexity index is 1090. The minimum atomic E-state index is -1.66. The molecule has 0 aromatic heterocycles. The highest BCUT2D eigenvalue weighted by atomic mass is 16.8. The number of carbonyl (C=O) groups is 1. The summed E-state index contributed by atoms with van der Waals surface area (Å²) in [6.07, 6.45) is -18.7. The van der Waals surface area contributed by atoms with E-state index in [1.54, 1.807) is 0 Å². The molecule has 1 amide bonds. The van der Waals surface area contributed by atoms with Gasteiger partial charge in [-0.1, -0.05) is 6.42 Å². The van der Waals surface area contributed by atoms with Gasteiger partial charge in [-0.05, 0) is 25.8 Å². The van der Waals surface area contributed by atoms with Crippen LogP contribution in [-0.2, 0) is 33.2 Å². The van der Waals surface area contributed by atoms with E-state index in [0.29, 0.717) is 25.8 Å². The molecular weight excluding hydrogens is 682 g/mol. The molecule has 20 atom stereocenters. The van der Waals surface area contributed by atoms with E-state index in [-0.39, 0.29) is 26.1 Å². The molecule has 0 unspecified atom stereocenters. The first-order valence-electron chi connectivity index (χ1n) is 17.3. The monoisotopic (exact) mass is 741 g/mol. The van der Waals surface area contributed by atoms with Crippen LogP contribution in [0.15, 0.2) is 0 Å². The maximum absolute atomic E-state index is 12.8. The van der Waals surface area contributed by atoms with Crippen LogP contribution in [0.3, 0.4) is 0 Å². The van der Waals surface area contributed by atoms with E-state index >= 15 is 0 Å². The van der Waals surface area contributed by atoms with Crippen molar-refractivity contribution in [2.24, 2.45) is 45.9 Å². The fourth-order valence-electron chi connectivity index (χ4n) is 6.73. The molecule has 1 saturated carbocycles. The average Bonchev–Trinajstić information content (AvgIpc) is 3.40. The summed E-state index contributed by atoms with van der Waals surface area (Å²) in [5.74, 6) is -0.513. The first-order chi connectivity index (χ1) is 24.1. The van der Waals surface area contributed by atoms with Crippen molar-refractivity contribution < 1.29 is 63.9 Å². The van der Waals surface area contributed by atoms with E-state index in [1.807, 2.05) is 0 Å². The number of nitrogens with one attached hydrogen (secondary N) is 1. The number of amides is 1. The maximum Gasteiger partial charge on any atom is 0.237 e. The number of rotatable bonds is 15. The second kappa shape index (κ2) is 18.8. The van der Waals surface area contributed by atoms with Crippen molar-refractivity contribution in [2.45, 2.75) is 148 Å². The number of aliphatic hydroxyl groups is 6. The highest BCUT2D eigenvalue weighted by Crippen LogP contribution is 2.34. The summed E-state index contributed by atoms with van der Waals surface area (Å²) in [6.45, 7) is -0.178. The molecule has 23 N–H and O–H groups in total. The highest BCUT2D eigenvalue weighted by Gasteiger charge is 2.54. The topological polar surface area (TPSA) is 414 Å². The summed E-state index contributed by atoms with van der Waals surface area (Å²) >= 11 is 0. The molecular formula is C29H59N9O13. The second-order valence-corrected chi connectivity index (χ2v) is 13.7. The third-order valence-electron chi connectivity index (χ3n) is 9.97. The van der Waals surface area contributed by atoms with Crippen molar-refractivity contribution in [3.8, 4) is 0 Å². The molecule has 3 saturated heterocycles. The number of ether oxygens (including phenoxy) is 6. The summed E-state index contributed by atoms with van der Waals surface area (Å²) in [7, 11) is 0. The van der Waals surface area contributed by atoms with Gasteiger partial charge in [-0.2, -0.15) is 0 Å². The lowest BCUT2D eigenvalue weighted by atomic mass is 9.84. The van der Waals surface area contributed by atoms with Crippen molar-refractivity contribution in [3.63, 3.8) is 0 Å². The summed E-state index contributed by atoms with van der Waals surface area (Å²) in [5.41, 5.74) is 47.8. The molecule has 0 aromatic rings. The van der Waals surface area contributed by atoms with Crippen molar-refractivity contribution in [3.05, 3.63) is 0 Å². The van der Waals surface area contributed by atoms with Crippen LogP contribution in [0.5, 0.6) is 0 Å². The Morgan fingerprint density at radius 2 is 1.16 bits per heavy atom. The molecule has 0 spiro atoms. The Morgan fingerprint density at radius 1 is 0.647 bits per heavy atom. The molecule has 4 aliphatic rings. The molecule has 4 fully saturated rings. The molecule has 1 aliphatic carbocycles. The van der Waals surface area contributed by atoms with Crippen LogP contribution >= 0.6 is 0 Å². The summed E-state index contributed by atoms with van der Waals surface area (Å²) < 4.78 is 35.7. The molecule has 0 aromatic carbocycles. The molecule has 22 nitrogen and oxygen atoms in total. The predicted octanol–water partition coefficient (Wildman–Crippen LogP) is -9.32. The third-order valence-corrected chi connectivity index (χ3v) is 9.97. The van der Waals surface area contributed by atoms with Gasteiger partial charge in [0.25, 0.3) is 0 Å². The van der Waals surface area contributed by atoms with Gasteiger partial charge in [-0.3, -0.25) is 4.79 Å². The van der Waals surface area contributed by atoms with E-state index in [2.05, 4.69) is 5.32 Å². The van der Waals surface area contributed by atoms with Crippen molar-refractivity contribution in [1.29, 1.82) is 0 Å². The van der Waals surface area contributed by atoms with Gasteiger partial charge in [-0.15, -0.1) is 0 Å². The Kier molecular flexibility index (Phi) is 15.6. The number of hydrogen-bond acceptors (Lipinski definition) is 21. The summed E-state index contributed by atoms with van der Waals surface area (Å²) in [5, 5.41) is 67.1. The molecule has 51 heavy (non-hydrogen) atoms. The third kappa shape index (κ3) is 9.68. The van der Waals surface area contributed by atoms with Gasteiger partial charge in [0.1, 0.15) is 67.1 Å². The van der Waals surface area contributed by atoms with E-state index in [1.165, 1.54) is 0 Å². The molecule has 298 valence electrons. The minimum absolute atomic E-state index is 0.0621. The fourth-order valence-corrected chi connectivity index (χ4v) is 6.73. The molecule has 22 heteroatoms. The molecule has 4 rings (SSSR count). The lowest BCUT2D eigenvalue weighted by molar-refractivity contribution is -0.306. The standard InChI is InChI=1S/C29H59N9O13/c30-4-2-1-3-9(33)26(45)38-8-14-24(50-28-16(37)21(43)19(41)13(7-32)47-28)22(44)29(48-14)51-25-17(39)10(34)5-11(35)23(25)49-27-15(36)20(42)18(40)12(6-31)46-27/h9-25,27-29,39-44H,1-8,30-37H2,(H,38,45)/t9-,10-,11+,12-,13+,14-,15-,16-,17+,18-,19-,20-,21-,22-,23-,24-,25-,27-,28-,29+/m1/s1. The van der Waals surface area contributed by atoms with Crippen LogP contribution in [0.2, 0.25) is 0 Å². The lowest BCUT2D eigenvalue weighted by Gasteiger charge is -2.47. The van der Waals surface area contributed by atoms with E-state index in [0.717, 1.165) is 0 Å². The average molecular weight is 742 g/mol. The van der Waals surface area contributed by atoms with E-state index in [4.69, 9.17) is 74.3 Å². The van der Waals surface area contributed by atoms with Crippen LogP contribution in [-0.4, -0.2) is 185 Å². The van der Waals surface area contributed by atoms with E-state index < -0.39 is 128 Å². The zero-order chi connectivity index (χ0) is 37.7. The number of hydrogen-bond donors (Lipinski definition) is 15. The Hall–Kier alpha value is -1.33. The number of nitrogens with two attached hydrogens (primary N) is 8. The fraction of sp³-hybridized carbons (Fsp3) is 0.966. The number of unbranched alkanes of at least 4 members (excludes halogenated alkanes) is 1. The Labute approximate surface area is 295 Å². The van der Waals surface area contributed by atoms with Gasteiger partial charge >= 0.3 is 0 Å². The van der Waals surface area contributed by atoms with Crippen LogP contribution in [0.4, 0.5) is 0 Å². The largest absolute Gasteiger partial charge is 0.389 e. The molecule has 3 heterocycles. The van der Waals surface area contributed by atoms with Gasteiger partial charge < -0.3 is 110 Å². The zero-order valence-corrected chi connectivity index (χ0v) is 28.4.